The summed E-state index contributed by atoms with van der Waals surface area (Å²) in [4.78, 5) is 11.5. The average molecular weight is 206 g/mol. The number of carbonyl (C=O) groups excluding carboxylic acids is 1. The number of carbonyl (C=O) groups is 1. The topological polar surface area (TPSA) is 26.3 Å². The Morgan fingerprint density at radius 1 is 1.47 bits per heavy atom. The monoisotopic (exact) mass is 206 g/mol. The quantitative estimate of drug-likeness (QED) is 0.513. The van der Waals surface area contributed by atoms with Gasteiger partial charge in [0.15, 0.2) is 0 Å². The summed E-state index contributed by atoms with van der Waals surface area (Å²) < 4.78 is 4.77. The van der Waals surface area contributed by atoms with E-state index in [4.69, 9.17) is 4.74 Å². The fourth-order valence-electron chi connectivity index (χ4n) is 1.77. The van der Waals surface area contributed by atoms with E-state index in [-0.39, 0.29) is 11.9 Å². The molecule has 0 aromatic heterocycles. The standard InChI is InChI=1S/C13H18O2/c1-9(2)7-11-8-10(3)5-6-12(11)13(14)15-4/h5-7,11H,8H2,1-4H3/t11-/m0/s1. The Hall–Kier alpha value is -1.31. The highest BCUT2D eigenvalue weighted by molar-refractivity contribution is 5.90. The summed E-state index contributed by atoms with van der Waals surface area (Å²) in [6.07, 6.45) is 6.89. The molecule has 0 heterocycles. The SMILES string of the molecule is COC(=O)C1=CC=C(C)C[C@@H]1C=C(C)C. The molecule has 0 aromatic carbocycles. The third-order valence-corrected chi connectivity index (χ3v) is 2.44. The molecule has 1 rings (SSSR count). The van der Waals surface area contributed by atoms with E-state index in [9.17, 15) is 4.79 Å². The lowest BCUT2D eigenvalue weighted by molar-refractivity contribution is -0.136. The molecule has 0 unspecified atom stereocenters. The summed E-state index contributed by atoms with van der Waals surface area (Å²) in [7, 11) is 1.42. The third kappa shape index (κ3) is 3.08. The maximum atomic E-state index is 11.5. The molecule has 0 spiro atoms. The first-order valence-corrected chi connectivity index (χ1v) is 5.15. The lowest BCUT2D eigenvalue weighted by Crippen LogP contribution is -2.16. The van der Waals surface area contributed by atoms with Crippen molar-refractivity contribution in [3.8, 4) is 0 Å². The van der Waals surface area contributed by atoms with E-state index < -0.39 is 0 Å². The van der Waals surface area contributed by atoms with Crippen LogP contribution in [-0.2, 0) is 9.53 Å². The van der Waals surface area contributed by atoms with Crippen LogP contribution in [0.4, 0.5) is 0 Å². The van der Waals surface area contributed by atoms with E-state index >= 15 is 0 Å². The van der Waals surface area contributed by atoms with E-state index in [0.717, 1.165) is 12.0 Å². The van der Waals surface area contributed by atoms with Crippen molar-refractivity contribution in [1.82, 2.24) is 0 Å². The number of ether oxygens (including phenoxy) is 1. The number of methoxy groups -OCH3 is 1. The van der Waals surface area contributed by atoms with Gasteiger partial charge in [-0.2, -0.15) is 0 Å². The second-order valence-corrected chi connectivity index (χ2v) is 4.18. The number of esters is 1. The summed E-state index contributed by atoms with van der Waals surface area (Å²) >= 11 is 0. The third-order valence-electron chi connectivity index (χ3n) is 2.44. The molecular weight excluding hydrogens is 188 g/mol. The van der Waals surface area contributed by atoms with E-state index in [1.165, 1.54) is 18.3 Å². The van der Waals surface area contributed by atoms with Crippen molar-refractivity contribution < 1.29 is 9.53 Å². The zero-order chi connectivity index (χ0) is 11.4. The van der Waals surface area contributed by atoms with Crippen LogP contribution in [0.15, 0.2) is 34.9 Å². The first-order chi connectivity index (χ1) is 7.04. The van der Waals surface area contributed by atoms with Crippen molar-refractivity contribution in [3.63, 3.8) is 0 Å². The van der Waals surface area contributed by atoms with E-state index in [1.54, 1.807) is 0 Å². The Kier molecular flexibility index (Phi) is 3.89. The van der Waals surface area contributed by atoms with Crippen molar-refractivity contribution in [2.75, 3.05) is 7.11 Å². The van der Waals surface area contributed by atoms with E-state index in [1.807, 2.05) is 26.0 Å². The second-order valence-electron chi connectivity index (χ2n) is 4.18. The number of hydrogen-bond donors (Lipinski definition) is 0. The van der Waals surface area contributed by atoms with Crippen LogP contribution in [0.1, 0.15) is 27.2 Å². The minimum Gasteiger partial charge on any atom is -0.466 e. The molecule has 0 N–H and O–H groups in total. The maximum Gasteiger partial charge on any atom is 0.334 e. The molecule has 0 aromatic rings. The van der Waals surface area contributed by atoms with Gasteiger partial charge in [0.25, 0.3) is 0 Å². The van der Waals surface area contributed by atoms with Gasteiger partial charge in [-0.15, -0.1) is 0 Å². The fraction of sp³-hybridized carbons (Fsp3) is 0.462. The lowest BCUT2D eigenvalue weighted by Gasteiger charge is -2.19. The minimum absolute atomic E-state index is 0.174. The van der Waals surface area contributed by atoms with Gasteiger partial charge < -0.3 is 4.74 Å². The highest BCUT2D eigenvalue weighted by Crippen LogP contribution is 2.27. The minimum atomic E-state index is -0.221. The Bertz CT molecular complexity index is 342. The van der Waals surface area contributed by atoms with Gasteiger partial charge in [0.05, 0.1) is 7.11 Å². The Labute approximate surface area is 91.3 Å². The van der Waals surface area contributed by atoms with Gasteiger partial charge in [-0.05, 0) is 27.2 Å². The molecule has 2 heteroatoms. The first kappa shape index (κ1) is 11.8. The molecule has 0 saturated carbocycles. The summed E-state index contributed by atoms with van der Waals surface area (Å²) in [6, 6.07) is 0. The molecule has 0 fully saturated rings. The van der Waals surface area contributed by atoms with Crippen LogP contribution in [0.25, 0.3) is 0 Å². The molecule has 2 nitrogen and oxygen atoms in total. The van der Waals surface area contributed by atoms with Gasteiger partial charge >= 0.3 is 5.97 Å². The molecular formula is C13H18O2. The van der Waals surface area contributed by atoms with Crippen molar-refractivity contribution in [3.05, 3.63) is 34.9 Å². The van der Waals surface area contributed by atoms with Crippen molar-refractivity contribution in [2.24, 2.45) is 5.92 Å². The molecule has 1 atom stereocenters. The second kappa shape index (κ2) is 4.96. The molecule has 0 saturated heterocycles. The van der Waals surface area contributed by atoms with Crippen LogP contribution < -0.4 is 0 Å². The zero-order valence-corrected chi connectivity index (χ0v) is 9.83. The Morgan fingerprint density at radius 3 is 2.67 bits per heavy atom. The summed E-state index contributed by atoms with van der Waals surface area (Å²) in [5.74, 6) is -0.0475. The summed E-state index contributed by atoms with van der Waals surface area (Å²) in [6.45, 7) is 6.17. The normalized spacial score (nSPS) is 20.1. The van der Waals surface area contributed by atoms with Crippen molar-refractivity contribution >= 4 is 5.97 Å². The van der Waals surface area contributed by atoms with Gasteiger partial charge in [-0.3, -0.25) is 0 Å². The number of rotatable bonds is 2. The lowest BCUT2D eigenvalue weighted by atomic mass is 9.86. The van der Waals surface area contributed by atoms with Gasteiger partial charge in [0.1, 0.15) is 0 Å². The van der Waals surface area contributed by atoms with Crippen LogP contribution in [0, 0.1) is 5.92 Å². The predicted molar refractivity (Wildman–Crippen MR) is 61.4 cm³/mol. The summed E-state index contributed by atoms with van der Waals surface area (Å²) in [5.41, 5.74) is 3.28. The molecule has 1 aliphatic rings. The van der Waals surface area contributed by atoms with Crippen LogP contribution in [0.5, 0.6) is 0 Å². The van der Waals surface area contributed by atoms with Crippen molar-refractivity contribution in [1.29, 1.82) is 0 Å². The van der Waals surface area contributed by atoms with Crippen LogP contribution in [0.3, 0.4) is 0 Å². The average Bonchev–Trinajstić information content (AvgIpc) is 2.16. The largest absolute Gasteiger partial charge is 0.466 e. The van der Waals surface area contributed by atoms with Crippen LogP contribution in [0.2, 0.25) is 0 Å². The van der Waals surface area contributed by atoms with E-state index in [0.29, 0.717) is 0 Å². The molecule has 82 valence electrons. The van der Waals surface area contributed by atoms with Crippen LogP contribution >= 0.6 is 0 Å². The molecule has 15 heavy (non-hydrogen) atoms. The molecule has 1 aliphatic carbocycles. The van der Waals surface area contributed by atoms with Crippen molar-refractivity contribution in [2.45, 2.75) is 27.2 Å². The predicted octanol–water partition coefficient (Wildman–Crippen LogP) is 3.02. The van der Waals surface area contributed by atoms with Gasteiger partial charge in [0.2, 0.25) is 0 Å². The molecule has 0 radical (unpaired) electrons. The Balaban J connectivity index is 2.97. The summed E-state index contributed by atoms with van der Waals surface area (Å²) in [5, 5.41) is 0. The molecule has 0 bridgehead atoms. The van der Waals surface area contributed by atoms with Gasteiger partial charge in [-0.1, -0.05) is 29.4 Å². The first-order valence-electron chi connectivity index (χ1n) is 5.15. The van der Waals surface area contributed by atoms with Crippen LogP contribution in [-0.4, -0.2) is 13.1 Å². The zero-order valence-electron chi connectivity index (χ0n) is 9.83. The highest BCUT2D eigenvalue weighted by atomic mass is 16.5. The molecule has 0 amide bonds. The van der Waals surface area contributed by atoms with E-state index in [2.05, 4.69) is 13.0 Å². The van der Waals surface area contributed by atoms with Gasteiger partial charge in [-0.25, -0.2) is 4.79 Å². The smallest absolute Gasteiger partial charge is 0.334 e. The number of allylic oxidation sites excluding steroid dienone is 5. The maximum absolute atomic E-state index is 11.5. The highest BCUT2D eigenvalue weighted by Gasteiger charge is 2.21. The van der Waals surface area contributed by atoms with Gasteiger partial charge in [0, 0.05) is 11.5 Å². The Morgan fingerprint density at radius 2 is 2.13 bits per heavy atom. The fourth-order valence-corrected chi connectivity index (χ4v) is 1.77. The number of hydrogen-bond acceptors (Lipinski definition) is 2. The molecule has 0 aliphatic heterocycles.